The van der Waals surface area contributed by atoms with Gasteiger partial charge in [0.2, 0.25) is 0 Å². The number of hydrogen-bond donors (Lipinski definition) is 0. The Bertz CT molecular complexity index is 1070. The molecule has 5 nitrogen and oxygen atoms in total. The van der Waals surface area contributed by atoms with Crippen LogP contribution in [-0.2, 0) is 0 Å². The van der Waals surface area contributed by atoms with Crippen molar-refractivity contribution in [2.45, 2.75) is 12.3 Å². The molecule has 1 unspecified atom stereocenters. The highest BCUT2D eigenvalue weighted by Crippen LogP contribution is 2.36. The molecule has 5 heteroatoms. The van der Waals surface area contributed by atoms with Gasteiger partial charge in [-0.15, -0.1) is 0 Å². The molecular formula is C21H19N3O2. The molecule has 1 atom stereocenters. The highest BCUT2D eigenvalue weighted by atomic mass is 16.5. The van der Waals surface area contributed by atoms with Crippen molar-refractivity contribution in [2.24, 2.45) is 0 Å². The predicted octanol–water partition coefficient (Wildman–Crippen LogP) is 4.38. The summed E-state index contributed by atoms with van der Waals surface area (Å²) in [6.45, 7) is 1.88. The number of aromatic nitrogens is 2. The van der Waals surface area contributed by atoms with Crippen LogP contribution in [0.2, 0.25) is 0 Å². The Morgan fingerprint density at radius 1 is 1.08 bits per heavy atom. The van der Waals surface area contributed by atoms with Crippen molar-refractivity contribution in [3.05, 3.63) is 60.4 Å². The second-order valence-electron chi connectivity index (χ2n) is 6.68. The Balaban J connectivity index is 1.48. The van der Waals surface area contributed by atoms with Gasteiger partial charge in [0.1, 0.15) is 23.2 Å². The van der Waals surface area contributed by atoms with Crippen molar-refractivity contribution >= 4 is 27.9 Å². The van der Waals surface area contributed by atoms with Crippen molar-refractivity contribution in [1.29, 1.82) is 0 Å². The molecule has 0 radical (unpaired) electrons. The number of fused-ring (bicyclic) bond motifs is 3. The molecule has 0 N–H and O–H groups in total. The quantitative estimate of drug-likeness (QED) is 0.551. The van der Waals surface area contributed by atoms with E-state index in [2.05, 4.69) is 27.0 Å². The third kappa shape index (κ3) is 2.39. The molecule has 0 spiro atoms. The maximum Gasteiger partial charge on any atom is 0.196 e. The number of hydrogen-bond acceptors (Lipinski definition) is 5. The minimum Gasteiger partial charge on any atom is -0.497 e. The van der Waals surface area contributed by atoms with E-state index in [0.29, 0.717) is 5.92 Å². The molecule has 2 aromatic carbocycles. The molecular weight excluding hydrogens is 326 g/mol. The molecule has 0 saturated carbocycles. The Labute approximate surface area is 151 Å². The Kier molecular flexibility index (Phi) is 3.52. The van der Waals surface area contributed by atoms with Gasteiger partial charge in [-0.25, -0.2) is 9.97 Å². The Morgan fingerprint density at radius 2 is 1.92 bits per heavy atom. The van der Waals surface area contributed by atoms with Crippen LogP contribution in [-0.4, -0.2) is 30.2 Å². The lowest BCUT2D eigenvalue weighted by atomic mass is 9.98. The topological polar surface area (TPSA) is 51.4 Å². The van der Waals surface area contributed by atoms with E-state index in [9.17, 15) is 0 Å². The smallest absolute Gasteiger partial charge is 0.196 e. The van der Waals surface area contributed by atoms with Crippen molar-refractivity contribution in [2.75, 3.05) is 25.1 Å². The molecule has 3 heterocycles. The van der Waals surface area contributed by atoms with Crippen LogP contribution in [0, 0.1) is 0 Å². The zero-order valence-corrected chi connectivity index (χ0v) is 14.6. The van der Waals surface area contributed by atoms with Crippen molar-refractivity contribution < 1.29 is 9.15 Å². The van der Waals surface area contributed by atoms with Crippen LogP contribution >= 0.6 is 0 Å². The number of ether oxygens (including phenoxy) is 1. The summed E-state index contributed by atoms with van der Waals surface area (Å²) in [6.07, 6.45) is 2.73. The van der Waals surface area contributed by atoms with Crippen LogP contribution in [0.3, 0.4) is 0 Å². The van der Waals surface area contributed by atoms with Crippen molar-refractivity contribution in [3.8, 4) is 5.75 Å². The molecule has 1 saturated heterocycles. The van der Waals surface area contributed by atoms with Gasteiger partial charge in [0.15, 0.2) is 11.4 Å². The van der Waals surface area contributed by atoms with Crippen LogP contribution in [0.1, 0.15) is 17.9 Å². The first-order valence-electron chi connectivity index (χ1n) is 8.84. The number of para-hydroxylation sites is 1. The predicted molar refractivity (Wildman–Crippen MR) is 102 cm³/mol. The molecule has 4 aromatic rings. The van der Waals surface area contributed by atoms with Crippen LogP contribution in [0.4, 0.5) is 5.82 Å². The minimum absolute atomic E-state index is 0.482. The minimum atomic E-state index is 0.482. The van der Waals surface area contributed by atoms with E-state index < -0.39 is 0 Å². The fraction of sp³-hybridized carbons (Fsp3) is 0.238. The van der Waals surface area contributed by atoms with Gasteiger partial charge >= 0.3 is 0 Å². The molecule has 1 aliphatic heterocycles. The second-order valence-corrected chi connectivity index (χ2v) is 6.68. The van der Waals surface area contributed by atoms with Crippen LogP contribution in [0.15, 0.2) is 59.3 Å². The van der Waals surface area contributed by atoms with Gasteiger partial charge in [-0.1, -0.05) is 24.3 Å². The fourth-order valence-corrected chi connectivity index (χ4v) is 3.84. The normalized spacial score (nSPS) is 17.3. The maximum atomic E-state index is 6.08. The van der Waals surface area contributed by atoms with Crippen molar-refractivity contribution in [3.63, 3.8) is 0 Å². The maximum absolute atomic E-state index is 6.08. The van der Waals surface area contributed by atoms with Crippen LogP contribution in [0.5, 0.6) is 5.75 Å². The molecule has 5 rings (SSSR count). The average molecular weight is 345 g/mol. The summed E-state index contributed by atoms with van der Waals surface area (Å²) >= 11 is 0. The van der Waals surface area contributed by atoms with Gasteiger partial charge in [-0.05, 0) is 36.2 Å². The van der Waals surface area contributed by atoms with Gasteiger partial charge in [0.25, 0.3) is 0 Å². The molecule has 26 heavy (non-hydrogen) atoms. The summed E-state index contributed by atoms with van der Waals surface area (Å²) in [5, 5.41) is 1.04. The first-order valence-corrected chi connectivity index (χ1v) is 8.84. The molecule has 1 aliphatic rings. The monoisotopic (exact) mass is 345 g/mol. The lowest BCUT2D eigenvalue weighted by molar-refractivity contribution is 0.414. The number of anilines is 1. The summed E-state index contributed by atoms with van der Waals surface area (Å²) in [5.74, 6) is 2.26. The summed E-state index contributed by atoms with van der Waals surface area (Å²) < 4.78 is 11.3. The summed E-state index contributed by atoms with van der Waals surface area (Å²) in [4.78, 5) is 11.3. The van der Waals surface area contributed by atoms with Gasteiger partial charge in [0.05, 0.1) is 7.11 Å². The zero-order valence-electron chi connectivity index (χ0n) is 14.6. The molecule has 2 aromatic heterocycles. The first kappa shape index (κ1) is 15.2. The van der Waals surface area contributed by atoms with Crippen LogP contribution in [0.25, 0.3) is 22.1 Å². The number of furan rings is 1. The number of benzene rings is 2. The van der Waals surface area contributed by atoms with E-state index in [1.807, 2.05) is 36.4 Å². The lowest BCUT2D eigenvalue weighted by Crippen LogP contribution is -2.20. The largest absolute Gasteiger partial charge is 0.497 e. The SMILES string of the molecule is COc1ccc(C2CCN(c3ncnc4c3oc3ccccc34)C2)cc1. The standard InChI is InChI=1S/C21H19N3O2/c1-25-16-8-6-14(7-9-16)15-10-11-24(12-15)21-20-19(22-13-23-21)17-4-2-3-5-18(17)26-20/h2-9,13,15H,10-12H2,1H3. The van der Waals surface area contributed by atoms with Gasteiger partial charge < -0.3 is 14.1 Å². The van der Waals surface area contributed by atoms with Gasteiger partial charge in [-0.3, -0.25) is 0 Å². The lowest BCUT2D eigenvalue weighted by Gasteiger charge is -2.17. The van der Waals surface area contributed by atoms with Gasteiger partial charge in [-0.2, -0.15) is 0 Å². The first-order chi connectivity index (χ1) is 12.8. The third-order valence-electron chi connectivity index (χ3n) is 5.21. The summed E-state index contributed by atoms with van der Waals surface area (Å²) in [6, 6.07) is 16.4. The summed E-state index contributed by atoms with van der Waals surface area (Å²) in [5.41, 5.74) is 3.86. The Morgan fingerprint density at radius 3 is 2.77 bits per heavy atom. The molecule has 1 fully saturated rings. The van der Waals surface area contributed by atoms with E-state index in [-0.39, 0.29) is 0 Å². The number of methoxy groups -OCH3 is 1. The van der Waals surface area contributed by atoms with Gasteiger partial charge in [0, 0.05) is 24.4 Å². The fourth-order valence-electron chi connectivity index (χ4n) is 3.84. The van der Waals surface area contributed by atoms with E-state index in [1.54, 1.807) is 13.4 Å². The molecule has 130 valence electrons. The van der Waals surface area contributed by atoms with Crippen LogP contribution < -0.4 is 9.64 Å². The number of rotatable bonds is 3. The second kappa shape index (κ2) is 6.02. The van der Waals surface area contributed by atoms with E-state index in [0.717, 1.165) is 53.1 Å². The zero-order chi connectivity index (χ0) is 17.5. The van der Waals surface area contributed by atoms with E-state index >= 15 is 0 Å². The molecule has 0 amide bonds. The van der Waals surface area contributed by atoms with E-state index in [1.165, 1.54) is 5.56 Å². The third-order valence-corrected chi connectivity index (χ3v) is 5.21. The molecule has 0 bridgehead atoms. The van der Waals surface area contributed by atoms with Crippen molar-refractivity contribution in [1.82, 2.24) is 9.97 Å². The Hall–Kier alpha value is -3.08. The average Bonchev–Trinajstić information content (AvgIpc) is 3.33. The summed E-state index contributed by atoms with van der Waals surface area (Å²) in [7, 11) is 1.69. The highest BCUT2D eigenvalue weighted by molar-refractivity contribution is 6.05. The highest BCUT2D eigenvalue weighted by Gasteiger charge is 2.27. The van der Waals surface area contributed by atoms with E-state index in [4.69, 9.17) is 9.15 Å². The molecule has 0 aliphatic carbocycles. The number of nitrogens with zero attached hydrogens (tertiary/aromatic N) is 3.